The summed E-state index contributed by atoms with van der Waals surface area (Å²) in [6.45, 7) is 6.45. The van der Waals surface area contributed by atoms with Gasteiger partial charge in [0.15, 0.2) is 0 Å². The van der Waals surface area contributed by atoms with E-state index in [1.165, 1.54) is 4.31 Å². The number of ether oxygens (including phenoxy) is 1. The predicted molar refractivity (Wildman–Crippen MR) is 168 cm³/mol. The predicted octanol–water partition coefficient (Wildman–Crippen LogP) is 5.45. The van der Waals surface area contributed by atoms with E-state index in [2.05, 4.69) is 5.32 Å². The van der Waals surface area contributed by atoms with Crippen molar-refractivity contribution in [3.8, 4) is 5.75 Å². The van der Waals surface area contributed by atoms with Crippen LogP contribution in [0.2, 0.25) is 5.02 Å². The van der Waals surface area contributed by atoms with Crippen molar-refractivity contribution in [1.29, 1.82) is 0 Å². The van der Waals surface area contributed by atoms with Crippen LogP contribution >= 0.6 is 11.6 Å². The number of sulfonamides is 1. The van der Waals surface area contributed by atoms with Crippen LogP contribution in [0.1, 0.15) is 44.7 Å². The van der Waals surface area contributed by atoms with Gasteiger partial charge in [0, 0.05) is 37.0 Å². The Bertz CT molecular complexity index is 1400. The van der Waals surface area contributed by atoms with Crippen LogP contribution in [0.15, 0.2) is 78.9 Å². The standard InChI is InChI=1S/C32H40ClN3O5S/c1-5-41-29-19-17-28(18-20-29)36(42(4,39)40)21-9-12-31(37)35(23-26-13-15-27(33)16-14-26)30(32(38)34-24(2)3)22-25-10-7-6-8-11-25/h6-8,10-11,13-20,24,30H,5,9,12,21-23H2,1-4H3,(H,34,38)/t30-/m1/s1. The summed E-state index contributed by atoms with van der Waals surface area (Å²) in [4.78, 5) is 28.9. The summed E-state index contributed by atoms with van der Waals surface area (Å²) < 4.78 is 32.1. The number of hydrogen-bond acceptors (Lipinski definition) is 5. The third kappa shape index (κ3) is 10.1. The molecule has 0 bridgehead atoms. The molecule has 0 unspecified atom stereocenters. The topological polar surface area (TPSA) is 96.0 Å². The summed E-state index contributed by atoms with van der Waals surface area (Å²) in [7, 11) is -3.61. The smallest absolute Gasteiger partial charge is 0.243 e. The Morgan fingerprint density at radius 3 is 2.14 bits per heavy atom. The molecule has 42 heavy (non-hydrogen) atoms. The highest BCUT2D eigenvalue weighted by atomic mass is 35.5. The first-order valence-corrected chi connectivity index (χ1v) is 16.3. The molecule has 0 aliphatic carbocycles. The number of benzene rings is 3. The fourth-order valence-corrected chi connectivity index (χ4v) is 5.69. The Morgan fingerprint density at radius 1 is 0.929 bits per heavy atom. The van der Waals surface area contributed by atoms with E-state index < -0.39 is 16.1 Å². The molecule has 3 rings (SSSR count). The van der Waals surface area contributed by atoms with Crippen molar-refractivity contribution in [2.75, 3.05) is 23.7 Å². The lowest BCUT2D eigenvalue weighted by Gasteiger charge is -2.32. The Hall–Kier alpha value is -3.56. The molecule has 8 nitrogen and oxygen atoms in total. The molecule has 1 N–H and O–H groups in total. The summed E-state index contributed by atoms with van der Waals surface area (Å²) in [6, 6.07) is 22.7. The second kappa shape index (κ2) is 15.6. The average Bonchev–Trinajstić information content (AvgIpc) is 2.94. The number of halogens is 1. The molecule has 226 valence electrons. The zero-order valence-electron chi connectivity index (χ0n) is 24.6. The first-order chi connectivity index (χ1) is 20.0. The molecule has 0 aromatic heterocycles. The highest BCUT2D eigenvalue weighted by Crippen LogP contribution is 2.23. The van der Waals surface area contributed by atoms with Crippen LogP contribution in [0.3, 0.4) is 0 Å². The first-order valence-electron chi connectivity index (χ1n) is 14.1. The van der Waals surface area contributed by atoms with Crippen molar-refractivity contribution < 1.29 is 22.7 Å². The molecular weight excluding hydrogens is 574 g/mol. The number of amides is 2. The molecule has 0 aliphatic rings. The molecule has 10 heteroatoms. The van der Waals surface area contributed by atoms with Crippen LogP contribution in [-0.4, -0.2) is 56.6 Å². The molecule has 0 radical (unpaired) electrons. The van der Waals surface area contributed by atoms with Gasteiger partial charge in [0.25, 0.3) is 0 Å². The van der Waals surface area contributed by atoms with Gasteiger partial charge in [-0.05, 0) is 74.7 Å². The number of rotatable bonds is 15. The Labute approximate surface area is 254 Å². The highest BCUT2D eigenvalue weighted by Gasteiger charge is 2.31. The molecule has 3 aromatic rings. The summed E-state index contributed by atoms with van der Waals surface area (Å²) in [5.74, 6) is 0.153. The van der Waals surface area contributed by atoms with Gasteiger partial charge in [-0.1, -0.05) is 54.1 Å². The Kier molecular flexibility index (Phi) is 12.2. The number of hydrogen-bond donors (Lipinski definition) is 1. The van der Waals surface area contributed by atoms with Crippen molar-refractivity contribution in [3.05, 3.63) is 95.0 Å². The molecule has 1 atom stereocenters. The van der Waals surface area contributed by atoms with E-state index in [0.717, 1.165) is 17.4 Å². The fraction of sp³-hybridized carbons (Fsp3) is 0.375. The van der Waals surface area contributed by atoms with Crippen LogP contribution in [0.25, 0.3) is 0 Å². The van der Waals surface area contributed by atoms with Gasteiger partial charge in [-0.3, -0.25) is 13.9 Å². The van der Waals surface area contributed by atoms with Crippen molar-refractivity contribution in [1.82, 2.24) is 10.2 Å². The molecular formula is C32H40ClN3O5S. The summed E-state index contributed by atoms with van der Waals surface area (Å²) in [5.41, 5.74) is 2.24. The Balaban J connectivity index is 1.85. The molecule has 0 saturated carbocycles. The molecule has 3 aromatic carbocycles. The van der Waals surface area contributed by atoms with Crippen LogP contribution in [0.4, 0.5) is 5.69 Å². The fourth-order valence-electron chi connectivity index (χ4n) is 4.60. The quantitative estimate of drug-likeness (QED) is 0.246. The molecule has 0 spiro atoms. The SMILES string of the molecule is CCOc1ccc(N(CCCC(=O)N(Cc2ccc(Cl)cc2)[C@H](Cc2ccccc2)C(=O)NC(C)C)S(C)(=O)=O)cc1. The van der Waals surface area contributed by atoms with Gasteiger partial charge in [-0.15, -0.1) is 0 Å². The van der Waals surface area contributed by atoms with Crippen molar-refractivity contribution in [2.45, 2.75) is 58.7 Å². The van der Waals surface area contributed by atoms with Gasteiger partial charge in [-0.2, -0.15) is 0 Å². The monoisotopic (exact) mass is 613 g/mol. The van der Waals surface area contributed by atoms with Gasteiger partial charge in [0.2, 0.25) is 21.8 Å². The maximum absolute atomic E-state index is 13.9. The number of nitrogens with one attached hydrogen (secondary N) is 1. The van der Waals surface area contributed by atoms with E-state index in [4.69, 9.17) is 16.3 Å². The molecule has 0 fully saturated rings. The van der Waals surface area contributed by atoms with Gasteiger partial charge in [0.05, 0.1) is 18.6 Å². The largest absolute Gasteiger partial charge is 0.494 e. The van der Waals surface area contributed by atoms with Crippen molar-refractivity contribution >= 4 is 39.1 Å². The second-order valence-corrected chi connectivity index (χ2v) is 12.7. The molecule has 0 saturated heterocycles. The number of carbonyl (C=O) groups excluding carboxylic acids is 2. The highest BCUT2D eigenvalue weighted by molar-refractivity contribution is 7.92. The average molecular weight is 614 g/mol. The second-order valence-electron chi connectivity index (χ2n) is 10.4. The summed E-state index contributed by atoms with van der Waals surface area (Å²) in [6.07, 6.45) is 1.79. The molecule has 2 amide bonds. The summed E-state index contributed by atoms with van der Waals surface area (Å²) in [5, 5.41) is 3.55. The molecule has 0 heterocycles. The third-order valence-corrected chi connectivity index (χ3v) is 8.00. The number of anilines is 1. The normalized spacial score (nSPS) is 12.0. The summed E-state index contributed by atoms with van der Waals surface area (Å²) >= 11 is 6.09. The number of nitrogens with zero attached hydrogens (tertiary/aromatic N) is 2. The Morgan fingerprint density at radius 2 is 1.57 bits per heavy atom. The van der Waals surface area contributed by atoms with Crippen LogP contribution in [-0.2, 0) is 32.6 Å². The van der Waals surface area contributed by atoms with E-state index >= 15 is 0 Å². The first kappa shape index (κ1) is 32.9. The van der Waals surface area contributed by atoms with E-state index in [-0.39, 0.29) is 43.8 Å². The van der Waals surface area contributed by atoms with Crippen LogP contribution in [0, 0.1) is 0 Å². The van der Waals surface area contributed by atoms with Crippen molar-refractivity contribution in [2.24, 2.45) is 0 Å². The van der Waals surface area contributed by atoms with Gasteiger partial charge in [0.1, 0.15) is 11.8 Å². The van der Waals surface area contributed by atoms with Crippen LogP contribution < -0.4 is 14.4 Å². The third-order valence-electron chi connectivity index (χ3n) is 6.56. The maximum Gasteiger partial charge on any atom is 0.243 e. The zero-order valence-corrected chi connectivity index (χ0v) is 26.2. The van der Waals surface area contributed by atoms with Gasteiger partial charge >= 0.3 is 0 Å². The van der Waals surface area contributed by atoms with E-state index in [1.54, 1.807) is 41.3 Å². The van der Waals surface area contributed by atoms with Gasteiger partial charge in [-0.25, -0.2) is 8.42 Å². The van der Waals surface area contributed by atoms with E-state index in [1.807, 2.05) is 63.2 Å². The van der Waals surface area contributed by atoms with Crippen LogP contribution in [0.5, 0.6) is 5.75 Å². The minimum atomic E-state index is -3.61. The lowest BCUT2D eigenvalue weighted by atomic mass is 10.0. The maximum atomic E-state index is 13.9. The van der Waals surface area contributed by atoms with E-state index in [9.17, 15) is 18.0 Å². The van der Waals surface area contributed by atoms with Gasteiger partial charge < -0.3 is 15.0 Å². The zero-order chi connectivity index (χ0) is 30.7. The lowest BCUT2D eigenvalue weighted by Crippen LogP contribution is -2.51. The minimum absolute atomic E-state index is 0.0525. The number of carbonyl (C=O) groups is 2. The lowest BCUT2D eigenvalue weighted by molar-refractivity contribution is -0.141. The molecule has 0 aliphatic heterocycles. The van der Waals surface area contributed by atoms with E-state index in [0.29, 0.717) is 29.5 Å². The minimum Gasteiger partial charge on any atom is -0.494 e. The van der Waals surface area contributed by atoms with Crippen molar-refractivity contribution in [3.63, 3.8) is 0 Å².